The van der Waals surface area contributed by atoms with Gasteiger partial charge in [0.15, 0.2) is 0 Å². The van der Waals surface area contributed by atoms with E-state index < -0.39 is 0 Å². The minimum absolute atomic E-state index is 0.404. The maximum absolute atomic E-state index is 6.26. The summed E-state index contributed by atoms with van der Waals surface area (Å²) >= 11 is 3.48. The Bertz CT molecular complexity index is 346. The molecule has 0 aromatic heterocycles. The van der Waals surface area contributed by atoms with E-state index in [1.165, 1.54) is 31.2 Å². The van der Waals surface area contributed by atoms with E-state index in [1.807, 2.05) is 0 Å². The molecule has 1 fully saturated rings. The Morgan fingerprint density at radius 1 is 1.24 bits per heavy atom. The highest BCUT2D eigenvalue weighted by molar-refractivity contribution is 9.10. The molecule has 0 radical (unpaired) electrons. The first-order valence-electron chi connectivity index (χ1n) is 6.69. The first-order chi connectivity index (χ1) is 8.19. The number of hydrogen-bond donors (Lipinski definition) is 1. The van der Waals surface area contributed by atoms with E-state index in [4.69, 9.17) is 5.73 Å². The number of hydrogen-bond acceptors (Lipinski definition) is 1. The molecule has 1 nitrogen and oxygen atoms in total. The zero-order chi connectivity index (χ0) is 12.3. The maximum atomic E-state index is 6.26. The summed E-state index contributed by atoms with van der Waals surface area (Å²) in [6.07, 6.45) is 6.30. The van der Waals surface area contributed by atoms with Gasteiger partial charge in [0.25, 0.3) is 0 Å². The zero-order valence-electron chi connectivity index (χ0n) is 10.5. The SMILES string of the molecule is CCC1CCC(N)C(Cc2ccc(Br)cc2)C1. The highest BCUT2D eigenvalue weighted by Gasteiger charge is 2.27. The van der Waals surface area contributed by atoms with Crippen LogP contribution in [0.5, 0.6) is 0 Å². The van der Waals surface area contributed by atoms with Gasteiger partial charge in [0, 0.05) is 10.5 Å². The first-order valence-corrected chi connectivity index (χ1v) is 7.48. The molecule has 1 aliphatic carbocycles. The molecule has 0 amide bonds. The fourth-order valence-electron chi connectivity index (χ4n) is 2.91. The summed E-state index contributed by atoms with van der Waals surface area (Å²) in [6.45, 7) is 2.30. The summed E-state index contributed by atoms with van der Waals surface area (Å²) in [5.41, 5.74) is 7.69. The largest absolute Gasteiger partial charge is 0.327 e. The normalized spacial score (nSPS) is 29.2. The van der Waals surface area contributed by atoms with Crippen molar-refractivity contribution >= 4 is 15.9 Å². The Labute approximate surface area is 113 Å². The predicted octanol–water partition coefficient (Wildman–Crippen LogP) is 4.15. The Hall–Kier alpha value is -0.340. The van der Waals surface area contributed by atoms with Gasteiger partial charge in [0.05, 0.1) is 0 Å². The van der Waals surface area contributed by atoms with E-state index in [2.05, 4.69) is 47.1 Å². The van der Waals surface area contributed by atoms with Crippen molar-refractivity contribution in [1.29, 1.82) is 0 Å². The first kappa shape index (κ1) is 13.1. The quantitative estimate of drug-likeness (QED) is 0.891. The molecule has 1 aromatic rings. The lowest BCUT2D eigenvalue weighted by Gasteiger charge is -2.34. The van der Waals surface area contributed by atoms with Crippen LogP contribution in [0.25, 0.3) is 0 Å². The highest BCUT2D eigenvalue weighted by Crippen LogP contribution is 2.32. The van der Waals surface area contributed by atoms with Crippen LogP contribution < -0.4 is 5.73 Å². The van der Waals surface area contributed by atoms with Crippen molar-refractivity contribution in [3.63, 3.8) is 0 Å². The predicted molar refractivity (Wildman–Crippen MR) is 76.9 cm³/mol. The van der Waals surface area contributed by atoms with E-state index >= 15 is 0 Å². The molecule has 3 atom stereocenters. The van der Waals surface area contributed by atoms with Crippen LogP contribution in [-0.4, -0.2) is 6.04 Å². The third-order valence-corrected chi connectivity index (χ3v) is 4.67. The van der Waals surface area contributed by atoms with Crippen molar-refractivity contribution in [1.82, 2.24) is 0 Å². The van der Waals surface area contributed by atoms with Gasteiger partial charge in [-0.1, -0.05) is 41.4 Å². The van der Waals surface area contributed by atoms with E-state index in [0.29, 0.717) is 12.0 Å². The molecule has 17 heavy (non-hydrogen) atoms. The molecule has 0 spiro atoms. The molecule has 0 aliphatic heterocycles. The average molecular weight is 296 g/mol. The second-order valence-electron chi connectivity index (χ2n) is 5.34. The molecule has 1 aromatic carbocycles. The Morgan fingerprint density at radius 3 is 2.59 bits per heavy atom. The topological polar surface area (TPSA) is 26.0 Å². The second kappa shape index (κ2) is 6.01. The third-order valence-electron chi connectivity index (χ3n) is 4.14. The van der Waals surface area contributed by atoms with Gasteiger partial charge in [0.2, 0.25) is 0 Å². The van der Waals surface area contributed by atoms with E-state index in [0.717, 1.165) is 16.8 Å². The number of rotatable bonds is 3. The molecule has 2 N–H and O–H groups in total. The Balaban J connectivity index is 1.98. The summed E-state index contributed by atoms with van der Waals surface area (Å²) in [5, 5.41) is 0. The smallest absolute Gasteiger partial charge is 0.0175 e. The van der Waals surface area contributed by atoms with Crippen molar-refractivity contribution in [3.8, 4) is 0 Å². The molecule has 0 heterocycles. The maximum Gasteiger partial charge on any atom is 0.0175 e. The van der Waals surface area contributed by atoms with Gasteiger partial charge in [0.1, 0.15) is 0 Å². The summed E-state index contributed by atoms with van der Waals surface area (Å²) in [4.78, 5) is 0. The Kier molecular flexibility index (Phi) is 4.63. The molecule has 1 saturated carbocycles. The number of halogens is 1. The molecule has 2 heteroatoms. The number of nitrogens with two attached hydrogens (primary N) is 1. The second-order valence-corrected chi connectivity index (χ2v) is 6.26. The van der Waals surface area contributed by atoms with Crippen molar-refractivity contribution in [2.75, 3.05) is 0 Å². The molecule has 0 bridgehead atoms. The minimum Gasteiger partial charge on any atom is -0.327 e. The van der Waals surface area contributed by atoms with Crippen molar-refractivity contribution < 1.29 is 0 Å². The van der Waals surface area contributed by atoms with Crippen LogP contribution in [0.4, 0.5) is 0 Å². The summed E-state index contributed by atoms with van der Waals surface area (Å²) in [5.74, 6) is 1.57. The summed E-state index contributed by atoms with van der Waals surface area (Å²) < 4.78 is 1.15. The van der Waals surface area contributed by atoms with Gasteiger partial charge >= 0.3 is 0 Å². The molecule has 94 valence electrons. The van der Waals surface area contributed by atoms with Crippen molar-refractivity contribution in [2.24, 2.45) is 17.6 Å². The molecule has 1 aliphatic rings. The average Bonchev–Trinajstić information content (AvgIpc) is 2.35. The van der Waals surface area contributed by atoms with E-state index in [9.17, 15) is 0 Å². The van der Waals surface area contributed by atoms with Crippen LogP contribution in [0, 0.1) is 11.8 Å². The van der Waals surface area contributed by atoms with Crippen LogP contribution in [0.1, 0.15) is 38.2 Å². The highest BCUT2D eigenvalue weighted by atomic mass is 79.9. The third kappa shape index (κ3) is 3.56. The molecular formula is C15H22BrN. The summed E-state index contributed by atoms with van der Waals surface area (Å²) in [7, 11) is 0. The van der Waals surface area contributed by atoms with E-state index in [-0.39, 0.29) is 0 Å². The van der Waals surface area contributed by atoms with Gasteiger partial charge in [-0.3, -0.25) is 0 Å². The minimum atomic E-state index is 0.404. The Morgan fingerprint density at radius 2 is 1.94 bits per heavy atom. The van der Waals surface area contributed by atoms with Gasteiger partial charge in [-0.25, -0.2) is 0 Å². The lowest BCUT2D eigenvalue weighted by atomic mass is 9.75. The fourth-order valence-corrected chi connectivity index (χ4v) is 3.18. The monoisotopic (exact) mass is 295 g/mol. The van der Waals surface area contributed by atoms with E-state index in [1.54, 1.807) is 0 Å². The summed E-state index contributed by atoms with van der Waals surface area (Å²) in [6, 6.07) is 9.09. The van der Waals surface area contributed by atoms with Gasteiger partial charge in [-0.2, -0.15) is 0 Å². The van der Waals surface area contributed by atoms with Crippen LogP contribution in [0.15, 0.2) is 28.7 Å². The fraction of sp³-hybridized carbons (Fsp3) is 0.600. The number of benzene rings is 1. The van der Waals surface area contributed by atoms with Crippen LogP contribution >= 0.6 is 15.9 Å². The van der Waals surface area contributed by atoms with Crippen LogP contribution in [-0.2, 0) is 6.42 Å². The zero-order valence-corrected chi connectivity index (χ0v) is 12.1. The molecule has 2 rings (SSSR count). The molecule has 0 saturated heterocycles. The van der Waals surface area contributed by atoms with Gasteiger partial charge in [-0.15, -0.1) is 0 Å². The lowest BCUT2D eigenvalue weighted by Crippen LogP contribution is -2.37. The molecular weight excluding hydrogens is 274 g/mol. The van der Waals surface area contributed by atoms with Crippen molar-refractivity contribution in [2.45, 2.75) is 45.1 Å². The van der Waals surface area contributed by atoms with Gasteiger partial charge in [-0.05, 0) is 55.2 Å². The van der Waals surface area contributed by atoms with Crippen molar-refractivity contribution in [3.05, 3.63) is 34.3 Å². The standard InChI is InChI=1S/C15H22BrN/c1-2-11-5-8-15(17)13(9-11)10-12-3-6-14(16)7-4-12/h3-4,6-7,11,13,15H,2,5,8-10,17H2,1H3. The van der Waals surface area contributed by atoms with Crippen LogP contribution in [0.2, 0.25) is 0 Å². The lowest BCUT2D eigenvalue weighted by molar-refractivity contribution is 0.227. The molecule has 3 unspecified atom stereocenters. The van der Waals surface area contributed by atoms with Gasteiger partial charge < -0.3 is 5.73 Å². The van der Waals surface area contributed by atoms with Crippen LogP contribution in [0.3, 0.4) is 0 Å².